The minimum absolute atomic E-state index is 0.0761. The van der Waals surface area contributed by atoms with Crippen molar-refractivity contribution < 1.29 is 8.78 Å². The molecule has 0 atom stereocenters. The third-order valence-electron chi connectivity index (χ3n) is 2.87. The molecule has 0 aliphatic carbocycles. The molecule has 0 saturated heterocycles. The molecule has 2 rings (SSSR count). The van der Waals surface area contributed by atoms with Crippen LogP contribution in [-0.4, -0.2) is 5.54 Å². The zero-order valence-electron chi connectivity index (χ0n) is 12.0. The second-order valence-electron chi connectivity index (χ2n) is 5.87. The van der Waals surface area contributed by atoms with Crippen molar-refractivity contribution in [3.63, 3.8) is 0 Å². The number of anilines is 2. The van der Waals surface area contributed by atoms with Gasteiger partial charge in [-0.25, -0.2) is 8.78 Å². The quantitative estimate of drug-likeness (QED) is 0.850. The molecule has 0 aromatic heterocycles. The Hall–Kier alpha value is -2.24. The van der Waals surface area contributed by atoms with Crippen LogP contribution in [0.3, 0.4) is 0 Å². The van der Waals surface area contributed by atoms with Gasteiger partial charge in [0.1, 0.15) is 23.0 Å². The Morgan fingerprint density at radius 1 is 1.05 bits per heavy atom. The summed E-state index contributed by atoms with van der Waals surface area (Å²) in [5.41, 5.74) is -1.26. The molecule has 2 aromatic carbocycles. The molecular weight excluding hydrogens is 278 g/mol. The summed E-state index contributed by atoms with van der Waals surface area (Å²) in [4.78, 5) is 23.1. The first kappa shape index (κ1) is 15.2. The number of rotatable bonds is 4. The average Bonchev–Trinajstić information content (AvgIpc) is 2.39. The molecule has 2 aromatic rings. The monoisotopic (exact) mass is 294 g/mol. The molecular formula is C15H16F2N2O2. The predicted molar refractivity (Wildman–Crippen MR) is 78.4 cm³/mol. The second-order valence-corrected chi connectivity index (χ2v) is 5.87. The van der Waals surface area contributed by atoms with E-state index in [1.165, 1.54) is 0 Å². The van der Waals surface area contributed by atoms with Crippen molar-refractivity contribution in [3.8, 4) is 0 Å². The summed E-state index contributed by atoms with van der Waals surface area (Å²) in [6.07, 6.45) is 0. The molecule has 0 fully saturated rings. The highest BCUT2D eigenvalue weighted by molar-refractivity contribution is 5.74. The van der Waals surface area contributed by atoms with Crippen LogP contribution in [0.4, 0.5) is 20.2 Å². The fraction of sp³-hybridized carbons (Fsp3) is 0.333. The topological polar surface area (TPSA) is 58.2 Å². The highest BCUT2D eigenvalue weighted by Gasteiger charge is 2.24. The molecule has 6 heteroatoms. The van der Waals surface area contributed by atoms with Crippen LogP contribution >= 0.6 is 0 Å². The maximum Gasteiger partial charge on any atom is 0.253 e. The van der Waals surface area contributed by atoms with Gasteiger partial charge in [0.25, 0.3) is 10.9 Å². The molecule has 0 heterocycles. The molecule has 0 spiro atoms. The van der Waals surface area contributed by atoms with Crippen LogP contribution in [0, 0.1) is 11.6 Å². The van der Waals surface area contributed by atoms with Crippen molar-refractivity contribution in [2.45, 2.75) is 32.9 Å². The zero-order chi connectivity index (χ0) is 15.8. The van der Waals surface area contributed by atoms with E-state index >= 15 is 0 Å². The SMILES string of the molecule is CC(C)(C)Nc1c(NCc2cc(F)ccc2F)c(=O)c1=O. The van der Waals surface area contributed by atoms with Gasteiger partial charge in [-0.2, -0.15) is 0 Å². The highest BCUT2D eigenvalue weighted by Crippen LogP contribution is 2.20. The molecule has 0 unspecified atom stereocenters. The Bertz CT molecular complexity index is 741. The zero-order valence-corrected chi connectivity index (χ0v) is 12.0. The van der Waals surface area contributed by atoms with E-state index in [2.05, 4.69) is 10.6 Å². The van der Waals surface area contributed by atoms with Crippen molar-refractivity contribution in [1.29, 1.82) is 0 Å². The summed E-state index contributed by atoms with van der Waals surface area (Å²) < 4.78 is 26.6. The highest BCUT2D eigenvalue weighted by atomic mass is 19.1. The molecule has 4 nitrogen and oxygen atoms in total. The lowest BCUT2D eigenvalue weighted by Gasteiger charge is -2.24. The Balaban J connectivity index is 2.18. The lowest BCUT2D eigenvalue weighted by atomic mass is 10.1. The summed E-state index contributed by atoms with van der Waals surface area (Å²) in [6, 6.07) is 3.08. The third-order valence-corrected chi connectivity index (χ3v) is 2.87. The van der Waals surface area contributed by atoms with Gasteiger partial charge in [0, 0.05) is 17.6 Å². The van der Waals surface area contributed by atoms with Crippen molar-refractivity contribution in [1.82, 2.24) is 0 Å². The number of hydrogen-bond donors (Lipinski definition) is 2. The van der Waals surface area contributed by atoms with Gasteiger partial charge >= 0.3 is 0 Å². The van der Waals surface area contributed by atoms with Gasteiger partial charge in [0.2, 0.25) is 0 Å². The number of benzene rings is 1. The third kappa shape index (κ3) is 3.26. The first-order valence-corrected chi connectivity index (χ1v) is 6.48. The van der Waals surface area contributed by atoms with E-state index in [9.17, 15) is 18.4 Å². The van der Waals surface area contributed by atoms with Crippen LogP contribution in [0.1, 0.15) is 26.3 Å². The number of hydrogen-bond acceptors (Lipinski definition) is 4. The van der Waals surface area contributed by atoms with Crippen LogP contribution in [0.25, 0.3) is 0 Å². The van der Waals surface area contributed by atoms with Gasteiger partial charge in [-0.3, -0.25) is 9.59 Å². The average molecular weight is 294 g/mol. The second kappa shape index (κ2) is 5.27. The number of nitrogens with one attached hydrogen (secondary N) is 2. The fourth-order valence-electron chi connectivity index (χ4n) is 1.92. The van der Waals surface area contributed by atoms with Crippen LogP contribution < -0.4 is 21.5 Å². The molecule has 112 valence electrons. The van der Waals surface area contributed by atoms with Crippen molar-refractivity contribution in [2.75, 3.05) is 10.6 Å². The molecule has 0 aliphatic rings. The Morgan fingerprint density at radius 3 is 2.29 bits per heavy atom. The largest absolute Gasteiger partial charge is 0.376 e. The lowest BCUT2D eigenvalue weighted by molar-refractivity contribution is 0.587. The van der Waals surface area contributed by atoms with Gasteiger partial charge in [-0.05, 0) is 39.0 Å². The Morgan fingerprint density at radius 2 is 1.67 bits per heavy atom. The molecule has 21 heavy (non-hydrogen) atoms. The van der Waals surface area contributed by atoms with Crippen molar-refractivity contribution in [3.05, 3.63) is 55.8 Å². The van der Waals surface area contributed by atoms with Crippen molar-refractivity contribution >= 4 is 11.4 Å². The van der Waals surface area contributed by atoms with E-state index < -0.39 is 22.5 Å². The van der Waals surface area contributed by atoms with Crippen LogP contribution in [0.2, 0.25) is 0 Å². The molecule has 0 saturated carbocycles. The molecule has 0 amide bonds. The van der Waals surface area contributed by atoms with E-state index in [0.717, 1.165) is 18.2 Å². The molecule has 2 N–H and O–H groups in total. The first-order valence-electron chi connectivity index (χ1n) is 6.48. The maximum atomic E-state index is 13.5. The van der Waals surface area contributed by atoms with E-state index in [1.54, 1.807) is 0 Å². The van der Waals surface area contributed by atoms with E-state index in [-0.39, 0.29) is 29.0 Å². The fourth-order valence-corrected chi connectivity index (χ4v) is 1.92. The van der Waals surface area contributed by atoms with Crippen LogP contribution in [-0.2, 0) is 6.54 Å². The minimum atomic E-state index is -0.654. The van der Waals surface area contributed by atoms with Crippen LogP contribution in [0.5, 0.6) is 0 Å². The molecule has 0 bridgehead atoms. The summed E-state index contributed by atoms with van der Waals surface area (Å²) in [6.45, 7) is 5.47. The van der Waals surface area contributed by atoms with Gasteiger partial charge in [-0.15, -0.1) is 0 Å². The van der Waals surface area contributed by atoms with Crippen LogP contribution in [0.15, 0.2) is 27.8 Å². The van der Waals surface area contributed by atoms with Gasteiger partial charge < -0.3 is 10.6 Å². The van der Waals surface area contributed by atoms with Gasteiger partial charge in [0.05, 0.1) is 0 Å². The van der Waals surface area contributed by atoms with E-state index in [0.29, 0.717) is 0 Å². The normalized spacial score (nSPS) is 11.7. The van der Waals surface area contributed by atoms with E-state index in [1.807, 2.05) is 20.8 Å². The Kier molecular flexibility index (Phi) is 3.80. The lowest BCUT2D eigenvalue weighted by Crippen LogP contribution is -2.41. The number of halogens is 2. The van der Waals surface area contributed by atoms with E-state index in [4.69, 9.17) is 0 Å². The van der Waals surface area contributed by atoms with Gasteiger partial charge in [0.15, 0.2) is 0 Å². The standard InChI is InChI=1S/C15H16F2N2O2/c1-15(2,3)19-12-11(13(20)14(12)21)18-7-8-6-9(16)4-5-10(8)17/h4-6,18-19H,7H2,1-3H3. The summed E-state index contributed by atoms with van der Waals surface area (Å²) in [5.74, 6) is -1.14. The Labute approximate surface area is 120 Å². The van der Waals surface area contributed by atoms with Gasteiger partial charge in [-0.1, -0.05) is 0 Å². The summed E-state index contributed by atoms with van der Waals surface area (Å²) in [5, 5.41) is 5.62. The maximum absolute atomic E-state index is 13.5. The minimum Gasteiger partial charge on any atom is -0.376 e. The smallest absolute Gasteiger partial charge is 0.253 e. The van der Waals surface area contributed by atoms with Crippen molar-refractivity contribution in [2.24, 2.45) is 0 Å². The predicted octanol–water partition coefficient (Wildman–Crippen LogP) is 2.38. The molecule has 0 aliphatic heterocycles. The molecule has 0 radical (unpaired) electrons. The first-order chi connectivity index (χ1) is 9.69. The summed E-state index contributed by atoms with van der Waals surface area (Å²) >= 11 is 0. The summed E-state index contributed by atoms with van der Waals surface area (Å²) in [7, 11) is 0.